The number of rotatable bonds is 7. The first-order valence-electron chi connectivity index (χ1n) is 6.78. The number of ether oxygens (including phenoxy) is 1. The third kappa shape index (κ3) is 5.23. The summed E-state index contributed by atoms with van der Waals surface area (Å²) >= 11 is 0. The van der Waals surface area contributed by atoms with E-state index in [0.717, 1.165) is 26.2 Å². The molecule has 1 rings (SSSR count). The highest BCUT2D eigenvalue weighted by Gasteiger charge is 2.11. The molecule has 0 saturated carbocycles. The Morgan fingerprint density at radius 2 is 2.06 bits per heavy atom. The van der Waals surface area contributed by atoms with E-state index in [1.807, 2.05) is 0 Å². The minimum Gasteiger partial charge on any atom is -0.383 e. The van der Waals surface area contributed by atoms with Gasteiger partial charge in [0.25, 0.3) is 0 Å². The molecule has 0 aromatic carbocycles. The van der Waals surface area contributed by atoms with Crippen LogP contribution in [0.5, 0.6) is 0 Å². The Bertz CT molecular complexity index is 350. The average molecular weight is 252 g/mol. The van der Waals surface area contributed by atoms with Gasteiger partial charge >= 0.3 is 0 Å². The molecule has 1 N–H and O–H groups in total. The zero-order chi connectivity index (χ0) is 13.6. The normalized spacial score (nSPS) is 12.1. The zero-order valence-corrected chi connectivity index (χ0v) is 12.5. The molecule has 1 heterocycles. The lowest BCUT2D eigenvalue weighted by molar-refractivity contribution is 0.199. The molecule has 0 aliphatic carbocycles. The second-order valence-electron chi connectivity index (χ2n) is 6.10. The van der Waals surface area contributed by atoms with E-state index in [0.29, 0.717) is 5.41 Å². The first-order chi connectivity index (χ1) is 8.44. The summed E-state index contributed by atoms with van der Waals surface area (Å²) in [4.78, 5) is 0. The Hall–Kier alpha value is -0.800. The van der Waals surface area contributed by atoms with Gasteiger partial charge in [-0.25, -0.2) is 0 Å². The molecule has 0 aliphatic heterocycles. The number of nitrogens with zero attached hydrogens (tertiary/aromatic N) is 1. The first kappa shape index (κ1) is 15.3. The molecule has 0 atom stereocenters. The molecule has 3 heteroatoms. The van der Waals surface area contributed by atoms with E-state index < -0.39 is 0 Å². The van der Waals surface area contributed by atoms with Crippen LogP contribution < -0.4 is 5.32 Å². The van der Waals surface area contributed by atoms with E-state index >= 15 is 0 Å². The van der Waals surface area contributed by atoms with Crippen molar-refractivity contribution in [1.82, 2.24) is 9.88 Å². The van der Waals surface area contributed by atoms with E-state index in [1.165, 1.54) is 17.7 Å². The van der Waals surface area contributed by atoms with Gasteiger partial charge in [-0.05, 0) is 30.4 Å². The third-order valence-corrected chi connectivity index (χ3v) is 3.25. The number of hydrogen-bond acceptors (Lipinski definition) is 2. The second kappa shape index (κ2) is 6.95. The van der Waals surface area contributed by atoms with E-state index in [1.54, 1.807) is 7.11 Å². The largest absolute Gasteiger partial charge is 0.383 e. The van der Waals surface area contributed by atoms with Crippen molar-refractivity contribution in [1.29, 1.82) is 0 Å². The fourth-order valence-corrected chi connectivity index (χ4v) is 1.88. The topological polar surface area (TPSA) is 26.2 Å². The molecule has 0 saturated heterocycles. The molecule has 0 aliphatic rings. The zero-order valence-electron chi connectivity index (χ0n) is 12.5. The molecule has 0 bridgehead atoms. The molecule has 0 amide bonds. The smallest absolute Gasteiger partial charge is 0.0587 e. The van der Waals surface area contributed by atoms with Crippen LogP contribution in [0.25, 0.3) is 0 Å². The molecule has 1 aromatic rings. The maximum absolute atomic E-state index is 5.02. The minimum absolute atomic E-state index is 0.396. The van der Waals surface area contributed by atoms with Gasteiger partial charge in [0.1, 0.15) is 0 Å². The number of aromatic nitrogens is 1. The van der Waals surface area contributed by atoms with Crippen LogP contribution in [0.3, 0.4) is 0 Å². The highest BCUT2D eigenvalue weighted by Crippen LogP contribution is 2.20. The van der Waals surface area contributed by atoms with E-state index in [4.69, 9.17) is 4.74 Å². The molecule has 0 spiro atoms. The SMILES string of the molecule is COCCNCc1ccn(CCC(C)(C)C)c1C. The highest BCUT2D eigenvalue weighted by molar-refractivity contribution is 5.20. The maximum atomic E-state index is 5.02. The lowest BCUT2D eigenvalue weighted by atomic mass is 9.92. The van der Waals surface area contributed by atoms with Crippen LogP contribution in [0.4, 0.5) is 0 Å². The van der Waals surface area contributed by atoms with Gasteiger partial charge in [-0.2, -0.15) is 0 Å². The Labute approximate surface area is 112 Å². The monoisotopic (exact) mass is 252 g/mol. The number of nitrogens with one attached hydrogen (secondary N) is 1. The van der Waals surface area contributed by atoms with Crippen LogP contribution in [0.15, 0.2) is 12.3 Å². The third-order valence-electron chi connectivity index (χ3n) is 3.25. The summed E-state index contributed by atoms with van der Waals surface area (Å²) in [5.41, 5.74) is 3.16. The molecule has 18 heavy (non-hydrogen) atoms. The summed E-state index contributed by atoms with van der Waals surface area (Å²) < 4.78 is 7.38. The van der Waals surface area contributed by atoms with Gasteiger partial charge in [-0.1, -0.05) is 20.8 Å². The standard InChI is InChI=1S/C15H28N2O/c1-13-14(12-16-8-11-18-5)6-9-17(13)10-7-15(2,3)4/h6,9,16H,7-8,10-12H2,1-5H3. The van der Waals surface area contributed by atoms with Gasteiger partial charge in [0.05, 0.1) is 6.61 Å². The summed E-state index contributed by atoms with van der Waals surface area (Å²) in [6, 6.07) is 2.22. The van der Waals surface area contributed by atoms with Crippen molar-refractivity contribution >= 4 is 0 Å². The molecule has 0 unspecified atom stereocenters. The van der Waals surface area contributed by atoms with E-state index in [2.05, 4.69) is 49.8 Å². The molecular formula is C15H28N2O. The van der Waals surface area contributed by atoms with Crippen LogP contribution >= 0.6 is 0 Å². The Morgan fingerprint density at radius 3 is 2.67 bits per heavy atom. The van der Waals surface area contributed by atoms with Crippen molar-refractivity contribution in [2.45, 2.75) is 47.2 Å². The minimum atomic E-state index is 0.396. The van der Waals surface area contributed by atoms with Gasteiger partial charge in [-0.3, -0.25) is 0 Å². The Kier molecular flexibility index (Phi) is 5.89. The van der Waals surface area contributed by atoms with Crippen LogP contribution in [0, 0.1) is 12.3 Å². The van der Waals surface area contributed by atoms with Gasteiger partial charge < -0.3 is 14.6 Å². The first-order valence-corrected chi connectivity index (χ1v) is 6.78. The lowest BCUT2D eigenvalue weighted by Crippen LogP contribution is -2.19. The van der Waals surface area contributed by atoms with Crippen molar-refractivity contribution in [3.05, 3.63) is 23.5 Å². The molecular weight excluding hydrogens is 224 g/mol. The van der Waals surface area contributed by atoms with Crippen molar-refractivity contribution in [3.63, 3.8) is 0 Å². The van der Waals surface area contributed by atoms with Crippen LogP contribution in [0.1, 0.15) is 38.4 Å². The number of hydrogen-bond donors (Lipinski definition) is 1. The van der Waals surface area contributed by atoms with Gasteiger partial charge in [0, 0.05) is 38.6 Å². The van der Waals surface area contributed by atoms with E-state index in [-0.39, 0.29) is 0 Å². The quantitative estimate of drug-likeness (QED) is 0.755. The average Bonchev–Trinajstić information content (AvgIpc) is 2.63. The van der Waals surface area contributed by atoms with Crippen molar-refractivity contribution in [2.24, 2.45) is 5.41 Å². The maximum Gasteiger partial charge on any atom is 0.0587 e. The molecule has 1 aromatic heterocycles. The molecule has 0 fully saturated rings. The van der Waals surface area contributed by atoms with Crippen molar-refractivity contribution < 1.29 is 4.74 Å². The van der Waals surface area contributed by atoms with Crippen LogP contribution in [-0.4, -0.2) is 24.8 Å². The number of aryl methyl sites for hydroxylation is 1. The summed E-state index contributed by atoms with van der Waals surface area (Å²) in [7, 11) is 1.73. The number of methoxy groups -OCH3 is 1. The fourth-order valence-electron chi connectivity index (χ4n) is 1.88. The highest BCUT2D eigenvalue weighted by atomic mass is 16.5. The Balaban J connectivity index is 2.45. The summed E-state index contributed by atoms with van der Waals surface area (Å²) in [5, 5.41) is 3.39. The summed E-state index contributed by atoms with van der Waals surface area (Å²) in [6.45, 7) is 12.8. The predicted molar refractivity (Wildman–Crippen MR) is 76.8 cm³/mol. The fraction of sp³-hybridized carbons (Fsp3) is 0.733. The van der Waals surface area contributed by atoms with Crippen LogP contribution in [0.2, 0.25) is 0 Å². The predicted octanol–water partition coefficient (Wildman–Crippen LogP) is 2.97. The summed E-state index contributed by atoms with van der Waals surface area (Å²) in [6.07, 6.45) is 3.41. The molecule has 0 radical (unpaired) electrons. The van der Waals surface area contributed by atoms with Gasteiger partial charge in [0.15, 0.2) is 0 Å². The van der Waals surface area contributed by atoms with Gasteiger partial charge in [0.2, 0.25) is 0 Å². The van der Waals surface area contributed by atoms with Crippen molar-refractivity contribution in [2.75, 3.05) is 20.3 Å². The van der Waals surface area contributed by atoms with Gasteiger partial charge in [-0.15, -0.1) is 0 Å². The molecule has 104 valence electrons. The van der Waals surface area contributed by atoms with Crippen molar-refractivity contribution in [3.8, 4) is 0 Å². The summed E-state index contributed by atoms with van der Waals surface area (Å²) in [5.74, 6) is 0. The molecule has 3 nitrogen and oxygen atoms in total. The lowest BCUT2D eigenvalue weighted by Gasteiger charge is -2.19. The second-order valence-corrected chi connectivity index (χ2v) is 6.10. The van der Waals surface area contributed by atoms with Crippen LogP contribution in [-0.2, 0) is 17.8 Å². The van der Waals surface area contributed by atoms with E-state index in [9.17, 15) is 0 Å². The Morgan fingerprint density at radius 1 is 1.33 bits per heavy atom.